The van der Waals surface area contributed by atoms with Crippen LogP contribution in [0.25, 0.3) is 0 Å². The second kappa shape index (κ2) is 4.88. The molecule has 1 fully saturated rings. The molecule has 3 nitrogen and oxygen atoms in total. The monoisotopic (exact) mass is 234 g/mol. The Kier molecular flexibility index (Phi) is 3.48. The molecule has 0 spiro atoms. The SMILES string of the molecule is CCCCOC(=O)[C@H]1O[C@@]1(C)c1ccccc1. The quantitative estimate of drug-likeness (QED) is 0.446. The van der Waals surface area contributed by atoms with Crippen molar-refractivity contribution >= 4 is 5.97 Å². The maximum atomic E-state index is 11.7. The number of unbranched alkanes of at least 4 members (excludes halogenated alkanes) is 1. The van der Waals surface area contributed by atoms with E-state index in [1.807, 2.05) is 37.3 Å². The normalized spacial score (nSPS) is 26.6. The first-order valence-electron chi connectivity index (χ1n) is 6.08. The fraction of sp³-hybridized carbons (Fsp3) is 0.500. The molecule has 0 N–H and O–H groups in total. The Bertz CT molecular complexity index is 388. The molecule has 3 heteroatoms. The van der Waals surface area contributed by atoms with Gasteiger partial charge in [-0.25, -0.2) is 4.79 Å². The number of carbonyl (C=O) groups excluding carboxylic acids is 1. The fourth-order valence-electron chi connectivity index (χ4n) is 1.87. The Labute approximate surface area is 102 Å². The van der Waals surface area contributed by atoms with E-state index >= 15 is 0 Å². The summed E-state index contributed by atoms with van der Waals surface area (Å²) in [5.41, 5.74) is 0.530. The number of carbonyl (C=O) groups is 1. The van der Waals surface area contributed by atoms with Crippen LogP contribution in [-0.4, -0.2) is 18.7 Å². The molecule has 17 heavy (non-hydrogen) atoms. The average Bonchev–Trinajstić information content (AvgIpc) is 3.05. The first-order chi connectivity index (χ1) is 8.18. The minimum atomic E-state index is -0.495. The van der Waals surface area contributed by atoms with Gasteiger partial charge in [0.1, 0.15) is 5.60 Å². The number of rotatable bonds is 5. The fourth-order valence-corrected chi connectivity index (χ4v) is 1.87. The Hall–Kier alpha value is -1.35. The van der Waals surface area contributed by atoms with E-state index in [2.05, 4.69) is 6.92 Å². The van der Waals surface area contributed by atoms with E-state index in [-0.39, 0.29) is 5.97 Å². The van der Waals surface area contributed by atoms with Crippen LogP contribution in [0, 0.1) is 0 Å². The van der Waals surface area contributed by atoms with Gasteiger partial charge in [-0.1, -0.05) is 43.7 Å². The third-order valence-corrected chi connectivity index (χ3v) is 3.11. The van der Waals surface area contributed by atoms with E-state index in [1.165, 1.54) is 0 Å². The summed E-state index contributed by atoms with van der Waals surface area (Å²) in [7, 11) is 0. The standard InChI is InChI=1S/C14H18O3/c1-3-4-10-16-13(15)12-14(2,17-12)11-8-6-5-7-9-11/h5-9,12H,3-4,10H2,1-2H3/t12-,14+/m1/s1. The molecule has 0 saturated carbocycles. The van der Waals surface area contributed by atoms with Crippen molar-refractivity contribution in [3.05, 3.63) is 35.9 Å². The topological polar surface area (TPSA) is 38.8 Å². The van der Waals surface area contributed by atoms with E-state index in [0.29, 0.717) is 6.61 Å². The van der Waals surface area contributed by atoms with E-state index in [9.17, 15) is 4.79 Å². The molecule has 1 aromatic rings. The molecular formula is C14H18O3. The van der Waals surface area contributed by atoms with Crippen molar-refractivity contribution in [3.63, 3.8) is 0 Å². The molecule has 0 bridgehead atoms. The molecule has 2 atom stereocenters. The summed E-state index contributed by atoms with van der Waals surface area (Å²) < 4.78 is 10.7. The minimum Gasteiger partial charge on any atom is -0.464 e. The smallest absolute Gasteiger partial charge is 0.338 e. The van der Waals surface area contributed by atoms with Gasteiger partial charge in [-0.05, 0) is 18.9 Å². The van der Waals surface area contributed by atoms with Gasteiger partial charge in [0, 0.05) is 0 Å². The van der Waals surface area contributed by atoms with Gasteiger partial charge in [0.2, 0.25) is 0 Å². The highest BCUT2D eigenvalue weighted by Crippen LogP contribution is 2.46. The summed E-state index contributed by atoms with van der Waals surface area (Å²) in [4.78, 5) is 11.7. The second-order valence-corrected chi connectivity index (χ2v) is 4.49. The first kappa shape index (κ1) is 12.1. The molecule has 0 unspecified atom stereocenters. The molecular weight excluding hydrogens is 216 g/mol. The van der Waals surface area contributed by atoms with Gasteiger partial charge in [0.25, 0.3) is 0 Å². The highest BCUT2D eigenvalue weighted by molar-refractivity contribution is 5.79. The minimum absolute atomic E-state index is 0.246. The zero-order valence-electron chi connectivity index (χ0n) is 10.3. The molecule has 1 aliphatic heterocycles. The van der Waals surface area contributed by atoms with Crippen LogP contribution >= 0.6 is 0 Å². The second-order valence-electron chi connectivity index (χ2n) is 4.49. The molecule has 0 radical (unpaired) electrons. The van der Waals surface area contributed by atoms with Crippen molar-refractivity contribution in [2.24, 2.45) is 0 Å². The highest BCUT2D eigenvalue weighted by atomic mass is 16.7. The molecule has 2 rings (SSSR count). The zero-order valence-corrected chi connectivity index (χ0v) is 10.3. The van der Waals surface area contributed by atoms with Crippen molar-refractivity contribution in [1.29, 1.82) is 0 Å². The lowest BCUT2D eigenvalue weighted by Crippen LogP contribution is -2.19. The Balaban J connectivity index is 1.92. The van der Waals surface area contributed by atoms with Gasteiger partial charge in [0.05, 0.1) is 6.61 Å². The van der Waals surface area contributed by atoms with Crippen molar-refractivity contribution < 1.29 is 14.3 Å². The first-order valence-corrected chi connectivity index (χ1v) is 6.08. The zero-order chi connectivity index (χ0) is 12.3. The van der Waals surface area contributed by atoms with Crippen LogP contribution in [0.15, 0.2) is 30.3 Å². The summed E-state index contributed by atoms with van der Waals surface area (Å²) in [6.07, 6.45) is 1.48. The molecule has 0 aliphatic carbocycles. The van der Waals surface area contributed by atoms with E-state index in [1.54, 1.807) is 0 Å². The molecule has 1 aliphatic rings. The average molecular weight is 234 g/mol. The molecule has 1 aromatic carbocycles. The maximum Gasteiger partial charge on any atom is 0.338 e. The van der Waals surface area contributed by atoms with Crippen LogP contribution in [0.5, 0.6) is 0 Å². The predicted octanol–water partition coefficient (Wildman–Crippen LogP) is 2.64. The molecule has 92 valence electrons. The van der Waals surface area contributed by atoms with Crippen molar-refractivity contribution in [2.45, 2.75) is 38.4 Å². The lowest BCUT2D eigenvalue weighted by molar-refractivity contribution is -0.145. The van der Waals surface area contributed by atoms with Gasteiger partial charge < -0.3 is 9.47 Å². The van der Waals surface area contributed by atoms with Crippen LogP contribution in [0.3, 0.4) is 0 Å². The van der Waals surface area contributed by atoms with Gasteiger partial charge in [-0.3, -0.25) is 0 Å². The molecule has 1 heterocycles. The predicted molar refractivity (Wildman–Crippen MR) is 64.5 cm³/mol. The van der Waals surface area contributed by atoms with Crippen molar-refractivity contribution in [2.75, 3.05) is 6.61 Å². The number of hydrogen-bond donors (Lipinski definition) is 0. The number of hydrogen-bond acceptors (Lipinski definition) is 3. The number of benzene rings is 1. The molecule has 1 saturated heterocycles. The van der Waals surface area contributed by atoms with E-state index in [4.69, 9.17) is 9.47 Å². The number of ether oxygens (including phenoxy) is 2. The van der Waals surface area contributed by atoms with Gasteiger partial charge >= 0.3 is 5.97 Å². The van der Waals surface area contributed by atoms with Crippen LogP contribution < -0.4 is 0 Å². The molecule has 0 aromatic heterocycles. The Morgan fingerprint density at radius 3 is 2.76 bits per heavy atom. The molecule has 0 amide bonds. The van der Waals surface area contributed by atoms with Crippen LogP contribution in [0.4, 0.5) is 0 Å². The van der Waals surface area contributed by atoms with Crippen molar-refractivity contribution in [1.82, 2.24) is 0 Å². The Morgan fingerprint density at radius 2 is 2.12 bits per heavy atom. The van der Waals surface area contributed by atoms with Crippen LogP contribution in [0.1, 0.15) is 32.3 Å². The third kappa shape index (κ3) is 2.50. The number of epoxide rings is 1. The van der Waals surface area contributed by atoms with E-state index in [0.717, 1.165) is 18.4 Å². The summed E-state index contributed by atoms with van der Waals surface area (Å²) in [6.45, 7) is 4.48. The summed E-state index contributed by atoms with van der Waals surface area (Å²) in [5.74, 6) is -0.246. The lowest BCUT2D eigenvalue weighted by atomic mass is 9.97. The van der Waals surface area contributed by atoms with Gasteiger partial charge in [-0.2, -0.15) is 0 Å². The van der Waals surface area contributed by atoms with Crippen molar-refractivity contribution in [3.8, 4) is 0 Å². The van der Waals surface area contributed by atoms with Crippen LogP contribution in [0.2, 0.25) is 0 Å². The Morgan fingerprint density at radius 1 is 1.41 bits per heavy atom. The maximum absolute atomic E-state index is 11.7. The van der Waals surface area contributed by atoms with Gasteiger partial charge in [0.15, 0.2) is 6.10 Å². The number of esters is 1. The van der Waals surface area contributed by atoms with Gasteiger partial charge in [-0.15, -0.1) is 0 Å². The third-order valence-electron chi connectivity index (χ3n) is 3.11. The summed E-state index contributed by atoms with van der Waals surface area (Å²) in [6, 6.07) is 9.78. The largest absolute Gasteiger partial charge is 0.464 e. The highest BCUT2D eigenvalue weighted by Gasteiger charge is 2.59. The lowest BCUT2D eigenvalue weighted by Gasteiger charge is -2.06. The van der Waals surface area contributed by atoms with Crippen LogP contribution in [-0.2, 0) is 19.9 Å². The summed E-state index contributed by atoms with van der Waals surface area (Å²) in [5, 5.41) is 0. The van der Waals surface area contributed by atoms with E-state index < -0.39 is 11.7 Å². The summed E-state index contributed by atoms with van der Waals surface area (Å²) >= 11 is 0.